The second kappa shape index (κ2) is 10.5. The minimum Gasteiger partial charge on any atom is -0.393 e. The minimum absolute atomic E-state index is 0.131. The van der Waals surface area contributed by atoms with Crippen molar-refractivity contribution in [1.82, 2.24) is 0 Å². The van der Waals surface area contributed by atoms with Gasteiger partial charge in [-0.15, -0.1) is 0 Å². The summed E-state index contributed by atoms with van der Waals surface area (Å²) < 4.78 is 0. The third kappa shape index (κ3) is 8.68. The highest BCUT2D eigenvalue weighted by molar-refractivity contribution is 5.78. The molecular weight excluding hydrogens is 224 g/mol. The second-order valence-electron chi connectivity index (χ2n) is 5.81. The third-order valence-electron chi connectivity index (χ3n) is 3.99. The first-order valence-electron chi connectivity index (χ1n) is 7.99. The fourth-order valence-electron chi connectivity index (χ4n) is 2.73. The summed E-state index contributed by atoms with van der Waals surface area (Å²) in [5, 5.41) is 9.80. The summed E-state index contributed by atoms with van der Waals surface area (Å²) in [5.74, 6) is 0.427. The lowest BCUT2D eigenvalue weighted by Gasteiger charge is -2.10. The second-order valence-corrected chi connectivity index (χ2v) is 5.81. The van der Waals surface area contributed by atoms with Gasteiger partial charge in [-0.2, -0.15) is 0 Å². The maximum atomic E-state index is 11.6. The van der Waals surface area contributed by atoms with E-state index in [9.17, 15) is 9.90 Å². The molecule has 18 heavy (non-hydrogen) atoms. The smallest absolute Gasteiger partial charge is 0.132 e. The van der Waals surface area contributed by atoms with E-state index in [1.165, 1.54) is 44.9 Å². The van der Waals surface area contributed by atoms with Gasteiger partial charge in [0.1, 0.15) is 5.78 Å². The topological polar surface area (TPSA) is 37.3 Å². The van der Waals surface area contributed by atoms with Crippen LogP contribution >= 0.6 is 0 Å². The van der Waals surface area contributed by atoms with E-state index in [2.05, 4.69) is 0 Å². The van der Waals surface area contributed by atoms with Gasteiger partial charge in [0.2, 0.25) is 0 Å². The molecule has 0 unspecified atom stereocenters. The SMILES string of the molecule is O=C1CCCCCCCCCC[C@H](O)CCCC1. The molecule has 0 spiro atoms. The van der Waals surface area contributed by atoms with Crippen LogP contribution in [0.2, 0.25) is 0 Å². The number of aliphatic hydroxyl groups excluding tert-OH is 1. The largest absolute Gasteiger partial charge is 0.393 e. The molecule has 1 rings (SSSR count). The lowest BCUT2D eigenvalue weighted by Crippen LogP contribution is -2.07. The van der Waals surface area contributed by atoms with Crippen LogP contribution in [-0.4, -0.2) is 17.0 Å². The van der Waals surface area contributed by atoms with Crippen molar-refractivity contribution in [2.24, 2.45) is 0 Å². The van der Waals surface area contributed by atoms with Gasteiger partial charge >= 0.3 is 0 Å². The van der Waals surface area contributed by atoms with Gasteiger partial charge in [0.15, 0.2) is 0 Å². The summed E-state index contributed by atoms with van der Waals surface area (Å²) in [6.45, 7) is 0. The molecule has 1 fully saturated rings. The molecule has 1 atom stereocenters. The first-order valence-corrected chi connectivity index (χ1v) is 7.99. The van der Waals surface area contributed by atoms with Crippen molar-refractivity contribution in [2.75, 3.05) is 0 Å². The van der Waals surface area contributed by atoms with Gasteiger partial charge in [0.25, 0.3) is 0 Å². The number of carbonyl (C=O) groups is 1. The number of hydrogen-bond donors (Lipinski definition) is 1. The van der Waals surface area contributed by atoms with Gasteiger partial charge in [-0.3, -0.25) is 4.79 Å². The van der Waals surface area contributed by atoms with Crippen LogP contribution in [0.1, 0.15) is 89.9 Å². The van der Waals surface area contributed by atoms with Crippen molar-refractivity contribution in [3.05, 3.63) is 0 Å². The van der Waals surface area contributed by atoms with Crippen molar-refractivity contribution in [1.29, 1.82) is 0 Å². The predicted octanol–water partition coefficient (Wildman–Crippen LogP) is 4.39. The number of carbonyl (C=O) groups excluding carboxylic acids is 1. The standard InChI is InChI=1S/C16H30O2/c17-15-11-7-5-3-1-2-4-6-8-12-16(18)14-10-9-13-15/h15,17H,1-14H2/t15-/m0/s1. The molecular formula is C16H30O2. The fraction of sp³-hybridized carbons (Fsp3) is 0.938. The van der Waals surface area contributed by atoms with E-state index in [0.29, 0.717) is 5.78 Å². The lowest BCUT2D eigenvalue weighted by molar-refractivity contribution is -0.119. The number of aliphatic hydroxyl groups is 1. The molecule has 106 valence electrons. The molecule has 0 aromatic carbocycles. The van der Waals surface area contributed by atoms with E-state index in [4.69, 9.17) is 0 Å². The first kappa shape index (κ1) is 15.7. The highest BCUT2D eigenvalue weighted by atomic mass is 16.3. The number of hydrogen-bond acceptors (Lipinski definition) is 2. The maximum Gasteiger partial charge on any atom is 0.132 e. The molecule has 0 aliphatic heterocycles. The molecule has 0 bridgehead atoms. The van der Waals surface area contributed by atoms with E-state index in [1.807, 2.05) is 0 Å². The van der Waals surface area contributed by atoms with Gasteiger partial charge in [0, 0.05) is 12.8 Å². The average Bonchev–Trinajstić information content (AvgIpc) is 2.35. The van der Waals surface area contributed by atoms with Crippen LogP contribution in [0.25, 0.3) is 0 Å². The predicted molar refractivity (Wildman–Crippen MR) is 75.7 cm³/mol. The van der Waals surface area contributed by atoms with E-state index >= 15 is 0 Å². The van der Waals surface area contributed by atoms with Crippen LogP contribution in [0.4, 0.5) is 0 Å². The minimum atomic E-state index is -0.131. The fourth-order valence-corrected chi connectivity index (χ4v) is 2.73. The zero-order valence-corrected chi connectivity index (χ0v) is 11.8. The zero-order chi connectivity index (χ0) is 13.1. The van der Waals surface area contributed by atoms with Crippen LogP contribution in [0.15, 0.2) is 0 Å². The van der Waals surface area contributed by atoms with Gasteiger partial charge < -0.3 is 5.11 Å². The molecule has 1 N–H and O–H groups in total. The summed E-state index contributed by atoms with van der Waals surface area (Å²) in [4.78, 5) is 11.6. The Hall–Kier alpha value is -0.370. The molecule has 1 aliphatic rings. The number of Topliss-reactive ketones (excluding diaryl/α,β-unsaturated/α-hetero) is 1. The summed E-state index contributed by atoms with van der Waals surface area (Å²) in [6.07, 6.45) is 15.2. The highest BCUT2D eigenvalue weighted by Gasteiger charge is 2.06. The molecule has 2 heteroatoms. The normalized spacial score (nSPS) is 26.9. The maximum absolute atomic E-state index is 11.6. The lowest BCUT2D eigenvalue weighted by atomic mass is 9.99. The van der Waals surface area contributed by atoms with E-state index in [1.54, 1.807) is 0 Å². The Morgan fingerprint density at radius 2 is 1.06 bits per heavy atom. The van der Waals surface area contributed by atoms with Crippen molar-refractivity contribution >= 4 is 5.78 Å². The van der Waals surface area contributed by atoms with Crippen LogP contribution in [-0.2, 0) is 4.79 Å². The summed E-state index contributed by atoms with van der Waals surface area (Å²) in [7, 11) is 0. The molecule has 2 nitrogen and oxygen atoms in total. The van der Waals surface area contributed by atoms with Gasteiger partial charge in [0.05, 0.1) is 6.10 Å². The summed E-state index contributed by atoms with van der Waals surface area (Å²) >= 11 is 0. The molecule has 0 aromatic heterocycles. The molecule has 0 aromatic rings. The third-order valence-corrected chi connectivity index (χ3v) is 3.99. The monoisotopic (exact) mass is 254 g/mol. The Bertz CT molecular complexity index is 213. The average molecular weight is 254 g/mol. The number of ketones is 1. The van der Waals surface area contributed by atoms with Crippen molar-refractivity contribution < 1.29 is 9.90 Å². The van der Waals surface area contributed by atoms with E-state index in [0.717, 1.165) is 44.9 Å². The Kier molecular flexibility index (Phi) is 9.19. The van der Waals surface area contributed by atoms with Crippen molar-refractivity contribution in [2.45, 2.75) is 96.0 Å². The zero-order valence-electron chi connectivity index (χ0n) is 11.8. The molecule has 0 saturated heterocycles. The van der Waals surface area contributed by atoms with Crippen LogP contribution < -0.4 is 0 Å². The molecule has 1 saturated carbocycles. The van der Waals surface area contributed by atoms with Gasteiger partial charge in [-0.05, 0) is 25.7 Å². The van der Waals surface area contributed by atoms with E-state index < -0.39 is 0 Å². The number of rotatable bonds is 0. The Balaban J connectivity index is 2.20. The Morgan fingerprint density at radius 3 is 1.67 bits per heavy atom. The quantitative estimate of drug-likeness (QED) is 0.696. The van der Waals surface area contributed by atoms with E-state index in [-0.39, 0.29) is 6.10 Å². The first-order chi connectivity index (χ1) is 8.79. The summed E-state index contributed by atoms with van der Waals surface area (Å²) in [6, 6.07) is 0. The van der Waals surface area contributed by atoms with Crippen LogP contribution in [0.3, 0.4) is 0 Å². The van der Waals surface area contributed by atoms with Crippen LogP contribution in [0, 0.1) is 0 Å². The van der Waals surface area contributed by atoms with Gasteiger partial charge in [-0.1, -0.05) is 51.4 Å². The van der Waals surface area contributed by atoms with Crippen LogP contribution in [0.5, 0.6) is 0 Å². The molecule has 1 aliphatic carbocycles. The molecule has 0 amide bonds. The molecule has 0 radical (unpaired) electrons. The Labute approximate surface area is 112 Å². The van der Waals surface area contributed by atoms with Crippen molar-refractivity contribution in [3.8, 4) is 0 Å². The van der Waals surface area contributed by atoms with Crippen molar-refractivity contribution in [3.63, 3.8) is 0 Å². The highest BCUT2D eigenvalue weighted by Crippen LogP contribution is 2.15. The Morgan fingerprint density at radius 1 is 0.667 bits per heavy atom. The summed E-state index contributed by atoms with van der Waals surface area (Å²) in [5.41, 5.74) is 0. The molecule has 0 heterocycles. The van der Waals surface area contributed by atoms with Gasteiger partial charge in [-0.25, -0.2) is 0 Å².